The number of carbonyl (C=O) groups is 1. The Morgan fingerprint density at radius 3 is 2.03 bits per heavy atom. The molecule has 1 atom stereocenters. The van der Waals surface area contributed by atoms with Crippen LogP contribution in [0.2, 0.25) is 0 Å². The lowest BCUT2D eigenvalue weighted by Crippen LogP contribution is -2.34. The Morgan fingerprint density at radius 1 is 1.03 bits per heavy atom. The number of rotatable bonds is 8. The summed E-state index contributed by atoms with van der Waals surface area (Å²) < 4.78 is 16.8. The van der Waals surface area contributed by atoms with Gasteiger partial charge in [-0.25, -0.2) is 4.79 Å². The van der Waals surface area contributed by atoms with Crippen LogP contribution < -0.4 is 9.47 Å². The summed E-state index contributed by atoms with van der Waals surface area (Å²) in [4.78, 5) is 12.1. The zero-order chi connectivity index (χ0) is 21.4. The maximum Gasteiger partial charge on any atom is 0.352 e. The van der Waals surface area contributed by atoms with Crippen molar-refractivity contribution < 1.29 is 19.0 Å². The predicted molar refractivity (Wildman–Crippen MR) is 111 cm³/mol. The first-order chi connectivity index (χ1) is 13.7. The molecule has 0 amide bonds. The highest BCUT2D eigenvalue weighted by Crippen LogP contribution is 2.24. The van der Waals surface area contributed by atoms with Crippen molar-refractivity contribution in [2.75, 3.05) is 6.61 Å². The largest absolute Gasteiger partial charge is 0.493 e. The fraction of sp³-hybridized carbons (Fsp3) is 0.348. The van der Waals surface area contributed by atoms with E-state index in [-0.39, 0.29) is 18.2 Å². The van der Waals surface area contributed by atoms with Gasteiger partial charge in [-0.1, -0.05) is 6.92 Å². The van der Waals surface area contributed by atoms with Crippen LogP contribution >= 0.6 is 0 Å². The maximum atomic E-state index is 12.1. The van der Waals surface area contributed by atoms with Crippen molar-refractivity contribution in [3.63, 3.8) is 0 Å². The molecule has 6 heteroatoms. The Labute approximate surface area is 171 Å². The number of benzene rings is 2. The van der Waals surface area contributed by atoms with Crippen LogP contribution in [0.25, 0.3) is 0 Å². The van der Waals surface area contributed by atoms with E-state index in [1.165, 1.54) is 0 Å². The average Bonchev–Trinajstić information content (AvgIpc) is 2.68. The van der Waals surface area contributed by atoms with Gasteiger partial charge in [0.15, 0.2) is 0 Å². The molecule has 0 spiro atoms. The SMILES string of the molecule is CCC(COc1ccc(Oc2ccc(C#N)cc2)cc1)C(=N)C(=O)OC(C)(C)C. The highest BCUT2D eigenvalue weighted by atomic mass is 16.6. The van der Waals surface area contributed by atoms with Crippen LogP contribution in [0, 0.1) is 22.7 Å². The molecule has 0 fully saturated rings. The van der Waals surface area contributed by atoms with E-state index >= 15 is 0 Å². The minimum absolute atomic E-state index is 0.0804. The molecule has 1 N–H and O–H groups in total. The van der Waals surface area contributed by atoms with Crippen molar-refractivity contribution >= 4 is 11.7 Å². The number of carbonyl (C=O) groups excluding carboxylic acids is 1. The summed E-state index contributed by atoms with van der Waals surface area (Å²) in [6.45, 7) is 7.44. The van der Waals surface area contributed by atoms with Crippen LogP contribution in [0.5, 0.6) is 17.2 Å². The average molecular weight is 394 g/mol. The smallest absolute Gasteiger partial charge is 0.352 e. The van der Waals surface area contributed by atoms with Gasteiger partial charge in [-0.15, -0.1) is 0 Å². The van der Waals surface area contributed by atoms with Crippen LogP contribution in [0.1, 0.15) is 39.7 Å². The second-order valence-electron chi connectivity index (χ2n) is 7.54. The highest BCUT2D eigenvalue weighted by molar-refractivity contribution is 6.36. The Hall–Kier alpha value is -3.33. The maximum absolute atomic E-state index is 12.1. The van der Waals surface area contributed by atoms with Gasteiger partial charge in [0.05, 0.1) is 18.2 Å². The number of hydrogen-bond donors (Lipinski definition) is 1. The topological polar surface area (TPSA) is 92.4 Å². The van der Waals surface area contributed by atoms with E-state index in [1.807, 2.05) is 6.92 Å². The minimum Gasteiger partial charge on any atom is -0.493 e. The second-order valence-corrected chi connectivity index (χ2v) is 7.54. The van der Waals surface area contributed by atoms with E-state index in [4.69, 9.17) is 24.9 Å². The number of nitrogens with zero attached hydrogens (tertiary/aromatic N) is 1. The zero-order valence-corrected chi connectivity index (χ0v) is 17.2. The molecule has 0 aromatic heterocycles. The molecule has 2 aromatic carbocycles. The molecule has 6 nitrogen and oxygen atoms in total. The summed E-state index contributed by atoms with van der Waals surface area (Å²) in [6, 6.07) is 16.0. The van der Waals surface area contributed by atoms with Gasteiger partial charge in [-0.2, -0.15) is 5.26 Å². The third kappa shape index (κ3) is 6.96. The molecule has 1 unspecified atom stereocenters. The third-order valence-electron chi connectivity index (χ3n) is 4.01. The molecular weight excluding hydrogens is 368 g/mol. The van der Waals surface area contributed by atoms with Crippen LogP contribution in [-0.2, 0) is 9.53 Å². The number of nitrogens with one attached hydrogen (secondary N) is 1. The fourth-order valence-corrected chi connectivity index (χ4v) is 2.44. The van der Waals surface area contributed by atoms with Gasteiger partial charge in [0.25, 0.3) is 0 Å². The van der Waals surface area contributed by atoms with Crippen LogP contribution in [0.15, 0.2) is 48.5 Å². The first-order valence-electron chi connectivity index (χ1n) is 9.44. The summed E-state index contributed by atoms with van der Waals surface area (Å²) in [6.07, 6.45) is 0.595. The molecular formula is C23H26N2O4. The molecule has 0 saturated heterocycles. The van der Waals surface area contributed by atoms with Crippen molar-refractivity contribution in [3.8, 4) is 23.3 Å². The first kappa shape index (κ1) is 22.0. The van der Waals surface area contributed by atoms with Crippen LogP contribution in [0.3, 0.4) is 0 Å². The second kappa shape index (κ2) is 9.74. The van der Waals surface area contributed by atoms with E-state index in [0.717, 1.165) is 0 Å². The predicted octanol–water partition coefficient (Wildman–Crippen LogP) is 5.12. The third-order valence-corrected chi connectivity index (χ3v) is 4.01. The van der Waals surface area contributed by atoms with Crippen molar-refractivity contribution in [1.29, 1.82) is 10.7 Å². The van der Waals surface area contributed by atoms with Gasteiger partial charge >= 0.3 is 5.97 Å². The van der Waals surface area contributed by atoms with E-state index < -0.39 is 11.6 Å². The van der Waals surface area contributed by atoms with Crippen LogP contribution in [0.4, 0.5) is 0 Å². The molecule has 0 heterocycles. The summed E-state index contributed by atoms with van der Waals surface area (Å²) in [7, 11) is 0. The molecule has 0 aliphatic carbocycles. The molecule has 0 aliphatic rings. The van der Waals surface area contributed by atoms with Crippen molar-refractivity contribution in [2.24, 2.45) is 5.92 Å². The number of esters is 1. The van der Waals surface area contributed by atoms with Gasteiger partial charge in [-0.3, -0.25) is 5.41 Å². The molecule has 0 radical (unpaired) electrons. The summed E-state index contributed by atoms with van der Waals surface area (Å²) in [5, 5.41) is 16.9. The zero-order valence-electron chi connectivity index (χ0n) is 17.2. The highest BCUT2D eigenvalue weighted by Gasteiger charge is 2.26. The molecule has 0 aliphatic heterocycles. The first-order valence-corrected chi connectivity index (χ1v) is 9.44. The lowest BCUT2D eigenvalue weighted by atomic mass is 10.0. The summed E-state index contributed by atoms with van der Waals surface area (Å²) in [5.41, 5.74) is -0.139. The Morgan fingerprint density at radius 2 is 1.55 bits per heavy atom. The Kier molecular flexibility index (Phi) is 7.38. The number of ether oxygens (including phenoxy) is 3. The summed E-state index contributed by atoms with van der Waals surface area (Å²) in [5.74, 6) is 0.927. The van der Waals surface area contributed by atoms with E-state index in [0.29, 0.717) is 29.2 Å². The van der Waals surface area contributed by atoms with E-state index in [2.05, 4.69) is 6.07 Å². The van der Waals surface area contributed by atoms with Gasteiger partial charge in [0.1, 0.15) is 28.6 Å². The fourth-order valence-electron chi connectivity index (χ4n) is 2.44. The molecule has 0 bridgehead atoms. The number of nitriles is 1. The van der Waals surface area contributed by atoms with Gasteiger partial charge in [0.2, 0.25) is 0 Å². The lowest BCUT2D eigenvalue weighted by molar-refractivity contribution is -0.146. The van der Waals surface area contributed by atoms with Gasteiger partial charge in [-0.05, 0) is 75.7 Å². The standard InChI is InChI=1S/C23H26N2O4/c1-5-17(21(25)22(26)29-23(2,3)4)15-27-18-10-12-20(13-11-18)28-19-8-6-16(14-24)7-9-19/h6-13,17,25H,5,15H2,1-4H3. The summed E-state index contributed by atoms with van der Waals surface area (Å²) >= 11 is 0. The van der Waals surface area contributed by atoms with Crippen molar-refractivity contribution in [2.45, 2.75) is 39.7 Å². The van der Waals surface area contributed by atoms with Gasteiger partial charge in [0, 0.05) is 5.92 Å². The van der Waals surface area contributed by atoms with E-state index in [9.17, 15) is 4.79 Å². The van der Waals surface area contributed by atoms with Crippen LogP contribution in [-0.4, -0.2) is 23.9 Å². The lowest BCUT2D eigenvalue weighted by Gasteiger charge is -2.22. The monoisotopic (exact) mass is 394 g/mol. The Bertz CT molecular complexity index is 875. The molecule has 152 valence electrons. The van der Waals surface area contributed by atoms with E-state index in [1.54, 1.807) is 69.3 Å². The molecule has 29 heavy (non-hydrogen) atoms. The minimum atomic E-state index is -0.632. The normalized spacial score (nSPS) is 11.8. The molecule has 0 saturated carbocycles. The molecule has 2 rings (SSSR count). The van der Waals surface area contributed by atoms with Crippen molar-refractivity contribution in [1.82, 2.24) is 0 Å². The number of hydrogen-bond acceptors (Lipinski definition) is 6. The van der Waals surface area contributed by atoms with Gasteiger partial charge < -0.3 is 14.2 Å². The quantitative estimate of drug-likeness (QED) is 0.496. The Balaban J connectivity index is 1.91. The molecule has 2 aromatic rings. The van der Waals surface area contributed by atoms with Crippen molar-refractivity contribution in [3.05, 3.63) is 54.1 Å².